The van der Waals surface area contributed by atoms with E-state index in [4.69, 9.17) is 4.74 Å². The fourth-order valence-corrected chi connectivity index (χ4v) is 5.79. The van der Waals surface area contributed by atoms with Crippen LogP contribution in [0.25, 0.3) is 0 Å². The maximum absolute atomic E-state index is 13.6. The van der Waals surface area contributed by atoms with Gasteiger partial charge in [-0.05, 0) is 48.1 Å². The van der Waals surface area contributed by atoms with Crippen LogP contribution < -0.4 is 0 Å². The number of hydrogen-bond acceptors (Lipinski definition) is 6. The zero-order chi connectivity index (χ0) is 24.9. The van der Waals surface area contributed by atoms with Gasteiger partial charge in [0.05, 0.1) is 29.5 Å². The highest BCUT2D eigenvalue weighted by Crippen LogP contribution is 2.41. The van der Waals surface area contributed by atoms with E-state index in [-0.39, 0.29) is 35.8 Å². The Labute approximate surface area is 201 Å². The molecule has 0 saturated carbocycles. The molecule has 2 aliphatic rings. The summed E-state index contributed by atoms with van der Waals surface area (Å²) in [6, 6.07) is 10.7. The minimum absolute atomic E-state index is 0.113. The van der Waals surface area contributed by atoms with Crippen LogP contribution in [0.5, 0.6) is 0 Å². The molecule has 1 aliphatic heterocycles. The molecule has 0 aromatic heterocycles. The first-order valence-corrected chi connectivity index (χ1v) is 12.8. The first kappa shape index (κ1) is 24.6. The molecule has 1 saturated heterocycles. The third-order valence-corrected chi connectivity index (χ3v) is 7.97. The first-order valence-electron chi connectivity index (χ1n) is 11.4. The van der Waals surface area contributed by atoms with Gasteiger partial charge in [-0.25, -0.2) is 0 Å². The van der Waals surface area contributed by atoms with Crippen molar-refractivity contribution < 1.29 is 23.4 Å². The minimum Gasteiger partial charge on any atom is -0.395 e. The zero-order valence-corrected chi connectivity index (χ0v) is 21.1. The Kier molecular flexibility index (Phi) is 6.23. The number of morpholine rings is 1. The molecule has 2 N–H and O–H groups in total. The molecule has 4 rings (SSSR count). The van der Waals surface area contributed by atoms with Gasteiger partial charge in [0.25, 0.3) is 10.0 Å². The van der Waals surface area contributed by atoms with Gasteiger partial charge in [0.1, 0.15) is 0 Å². The van der Waals surface area contributed by atoms with E-state index < -0.39 is 15.8 Å². The van der Waals surface area contributed by atoms with Crippen molar-refractivity contribution in [2.24, 2.45) is 4.40 Å². The highest BCUT2D eigenvalue weighted by atomic mass is 32.2. The average Bonchev–Trinajstić information content (AvgIpc) is 2.76. The molecule has 182 valence electrons. The van der Waals surface area contributed by atoms with Gasteiger partial charge in [-0.15, -0.1) is 0 Å². The first-order chi connectivity index (χ1) is 15.9. The molecule has 1 atom stereocenters. The van der Waals surface area contributed by atoms with Crippen LogP contribution in [0, 0.1) is 13.8 Å². The molecular weight excluding hydrogens is 452 g/mol. The minimum atomic E-state index is -4.07. The highest BCUT2D eigenvalue weighted by Gasteiger charge is 2.46. The van der Waals surface area contributed by atoms with E-state index in [1.54, 1.807) is 48.2 Å². The number of aryl methyl sites for hydroxylation is 1. The van der Waals surface area contributed by atoms with Crippen molar-refractivity contribution in [2.45, 2.75) is 50.7 Å². The Morgan fingerprint density at radius 3 is 2.56 bits per heavy atom. The van der Waals surface area contributed by atoms with Crippen molar-refractivity contribution in [1.82, 2.24) is 4.90 Å². The average molecular weight is 485 g/mol. The number of β-amino-alcohol motifs (C(OH)–C–C–N with tert-alkyl or cyclic N) is 1. The summed E-state index contributed by atoms with van der Waals surface area (Å²) in [6.07, 6.45) is 1.56. The van der Waals surface area contributed by atoms with Crippen LogP contribution in [0.2, 0.25) is 0 Å². The molecule has 7 nitrogen and oxygen atoms in total. The molecule has 0 bridgehead atoms. The molecule has 1 fully saturated rings. The van der Waals surface area contributed by atoms with Crippen molar-refractivity contribution in [2.75, 3.05) is 26.3 Å². The summed E-state index contributed by atoms with van der Waals surface area (Å²) in [5.74, 6) is -1.73. The van der Waals surface area contributed by atoms with Crippen LogP contribution in [0.1, 0.15) is 48.6 Å². The number of hydrogen-bond donors (Lipinski definition) is 2. The molecule has 1 heterocycles. The number of sulfonamides is 1. The van der Waals surface area contributed by atoms with Gasteiger partial charge in [0.2, 0.25) is 5.79 Å². The van der Waals surface area contributed by atoms with Gasteiger partial charge in [0.15, 0.2) is 0 Å². The van der Waals surface area contributed by atoms with Crippen LogP contribution in [-0.4, -0.2) is 55.5 Å². The van der Waals surface area contributed by atoms with E-state index in [0.29, 0.717) is 28.9 Å². The van der Waals surface area contributed by atoms with Crippen molar-refractivity contribution >= 4 is 15.7 Å². The Bertz CT molecular complexity index is 1290. The normalized spacial score (nSPS) is 21.8. The van der Waals surface area contributed by atoms with E-state index in [0.717, 1.165) is 11.1 Å². The standard InChI is InChI=1S/C26H32N2O5S/c1-17-14-19(25(3,4)5)15-23(18(17)2)34(31,32)27-22-16-24-26(30,21-9-7-6-8-20(21)22)33-13-11-28(24)10-12-29/h6-9,14-16,29-30H,10-13H2,1-5H3/t26-/m0/s1. The molecule has 0 radical (unpaired) electrons. The van der Waals surface area contributed by atoms with Crippen molar-refractivity contribution in [1.29, 1.82) is 0 Å². The quantitative estimate of drug-likeness (QED) is 0.692. The van der Waals surface area contributed by atoms with Crippen molar-refractivity contribution in [3.8, 4) is 0 Å². The van der Waals surface area contributed by atoms with Crippen molar-refractivity contribution in [3.05, 3.63) is 76.0 Å². The molecule has 8 heteroatoms. The van der Waals surface area contributed by atoms with Gasteiger partial charge < -0.3 is 19.8 Å². The Morgan fingerprint density at radius 1 is 1.18 bits per heavy atom. The number of nitrogens with zero attached hydrogens (tertiary/aromatic N) is 2. The summed E-state index contributed by atoms with van der Waals surface area (Å²) in [5, 5.41) is 21.0. The third kappa shape index (κ3) is 4.20. The smallest absolute Gasteiger partial charge is 0.283 e. The molecule has 34 heavy (non-hydrogen) atoms. The summed E-state index contributed by atoms with van der Waals surface area (Å²) in [7, 11) is -4.07. The zero-order valence-electron chi connectivity index (χ0n) is 20.3. The summed E-state index contributed by atoms with van der Waals surface area (Å²) >= 11 is 0. The lowest BCUT2D eigenvalue weighted by Crippen LogP contribution is -2.50. The number of aliphatic hydroxyl groups excluding tert-OH is 1. The second kappa shape index (κ2) is 8.61. The maximum Gasteiger partial charge on any atom is 0.283 e. The Morgan fingerprint density at radius 2 is 1.88 bits per heavy atom. The van der Waals surface area contributed by atoms with E-state index in [2.05, 4.69) is 4.40 Å². The number of fused-ring (bicyclic) bond motifs is 3. The van der Waals surface area contributed by atoms with E-state index >= 15 is 0 Å². The lowest BCUT2D eigenvalue weighted by atomic mass is 9.85. The Balaban J connectivity index is 1.92. The molecule has 2 aromatic rings. The van der Waals surface area contributed by atoms with Crippen LogP contribution in [-0.2, 0) is 26.0 Å². The van der Waals surface area contributed by atoms with Gasteiger partial charge in [-0.1, -0.05) is 51.1 Å². The number of allylic oxidation sites excluding steroid dienone is 1. The van der Waals surface area contributed by atoms with Crippen LogP contribution in [0.4, 0.5) is 0 Å². The largest absolute Gasteiger partial charge is 0.395 e. The summed E-state index contributed by atoms with van der Waals surface area (Å²) < 4.78 is 37.4. The predicted molar refractivity (Wildman–Crippen MR) is 131 cm³/mol. The fraction of sp³-hybridized carbons (Fsp3) is 0.423. The lowest BCUT2D eigenvalue weighted by Gasteiger charge is -2.45. The lowest BCUT2D eigenvalue weighted by molar-refractivity contribution is -0.219. The van der Waals surface area contributed by atoms with E-state index in [1.165, 1.54) is 0 Å². The van der Waals surface area contributed by atoms with Gasteiger partial charge in [0, 0.05) is 24.2 Å². The predicted octanol–water partition coefficient (Wildman–Crippen LogP) is 3.15. The summed E-state index contributed by atoms with van der Waals surface area (Å²) in [5.41, 5.74) is 3.76. The number of benzene rings is 2. The van der Waals surface area contributed by atoms with E-state index in [1.807, 2.05) is 33.8 Å². The number of rotatable bonds is 4. The topological polar surface area (TPSA) is 99.4 Å². The second-order valence-corrected chi connectivity index (χ2v) is 11.5. The fourth-order valence-electron chi connectivity index (χ4n) is 4.46. The number of aliphatic hydroxyl groups is 2. The van der Waals surface area contributed by atoms with Crippen LogP contribution >= 0.6 is 0 Å². The molecule has 2 aromatic carbocycles. The monoisotopic (exact) mass is 484 g/mol. The number of ether oxygens (including phenoxy) is 1. The van der Waals surface area contributed by atoms with Gasteiger partial charge in [-0.3, -0.25) is 0 Å². The highest BCUT2D eigenvalue weighted by molar-refractivity contribution is 7.90. The Hall–Kier alpha value is -2.52. The van der Waals surface area contributed by atoms with Crippen molar-refractivity contribution in [3.63, 3.8) is 0 Å². The summed E-state index contributed by atoms with van der Waals surface area (Å²) in [4.78, 5) is 1.98. The second-order valence-electron chi connectivity index (χ2n) is 9.90. The molecule has 1 aliphatic carbocycles. The third-order valence-electron chi connectivity index (χ3n) is 6.55. The van der Waals surface area contributed by atoms with Gasteiger partial charge >= 0.3 is 0 Å². The van der Waals surface area contributed by atoms with Crippen LogP contribution in [0.15, 0.2) is 57.5 Å². The van der Waals surface area contributed by atoms with Gasteiger partial charge in [-0.2, -0.15) is 12.8 Å². The molecular formula is C26H32N2O5S. The maximum atomic E-state index is 13.6. The molecule has 0 amide bonds. The SMILES string of the molecule is Cc1cc(C(C)(C)C)cc(S(=O)(=O)N=C2C=C3N(CCO)CCO[C@@]3(O)c3ccccc32)c1C. The molecule has 0 spiro atoms. The molecule has 0 unspecified atom stereocenters. The van der Waals surface area contributed by atoms with E-state index in [9.17, 15) is 18.6 Å². The summed E-state index contributed by atoms with van der Waals surface area (Å²) in [6.45, 7) is 10.7. The van der Waals surface area contributed by atoms with Crippen LogP contribution in [0.3, 0.4) is 0 Å².